The number of fused-ring (bicyclic) bond motifs is 3. The number of pyridine rings is 1. The largest absolute Gasteiger partial charge is 0.493 e. The summed E-state index contributed by atoms with van der Waals surface area (Å²) < 4.78 is 26.1. The molecule has 128 valence electrons. The number of nitrogen functional groups attached to an aromatic ring is 1. The Morgan fingerprint density at radius 2 is 2.08 bits per heavy atom. The Bertz CT molecular complexity index is 746. The molecular formula is C19H23FN2O2. The lowest BCUT2D eigenvalue weighted by Gasteiger charge is -2.22. The van der Waals surface area contributed by atoms with Gasteiger partial charge >= 0.3 is 0 Å². The topological polar surface area (TPSA) is 57.4 Å². The van der Waals surface area contributed by atoms with Crippen LogP contribution < -0.4 is 15.2 Å². The summed E-state index contributed by atoms with van der Waals surface area (Å²) in [5.41, 5.74) is 7.73. The van der Waals surface area contributed by atoms with Crippen molar-refractivity contribution in [2.24, 2.45) is 11.8 Å². The zero-order valence-electron chi connectivity index (χ0n) is 14.3. The van der Waals surface area contributed by atoms with Crippen LogP contribution in [0.15, 0.2) is 24.4 Å². The number of nitrogens with zero attached hydrogens (tertiary/aromatic N) is 1. The van der Waals surface area contributed by atoms with Crippen LogP contribution in [-0.2, 0) is 6.61 Å². The van der Waals surface area contributed by atoms with E-state index >= 15 is 0 Å². The van der Waals surface area contributed by atoms with Crippen molar-refractivity contribution in [3.8, 4) is 22.6 Å². The number of rotatable bonds is 5. The van der Waals surface area contributed by atoms with Gasteiger partial charge in [-0.3, -0.25) is 0 Å². The molecule has 0 fully saturated rings. The molecule has 2 N–H and O–H groups in total. The molecule has 2 heterocycles. The molecule has 1 aliphatic rings. The predicted molar refractivity (Wildman–Crippen MR) is 92.5 cm³/mol. The van der Waals surface area contributed by atoms with Gasteiger partial charge in [-0.25, -0.2) is 9.37 Å². The van der Waals surface area contributed by atoms with Crippen LogP contribution in [0.1, 0.15) is 32.8 Å². The molecule has 1 atom stereocenters. The van der Waals surface area contributed by atoms with Crippen molar-refractivity contribution in [1.82, 2.24) is 4.98 Å². The lowest BCUT2D eigenvalue weighted by molar-refractivity contribution is 0.235. The average molecular weight is 330 g/mol. The van der Waals surface area contributed by atoms with Crippen molar-refractivity contribution in [3.05, 3.63) is 35.8 Å². The van der Waals surface area contributed by atoms with Gasteiger partial charge in [0.1, 0.15) is 29.7 Å². The Kier molecular flexibility index (Phi) is 4.60. The zero-order valence-corrected chi connectivity index (χ0v) is 14.3. The van der Waals surface area contributed by atoms with E-state index in [1.165, 1.54) is 6.07 Å². The van der Waals surface area contributed by atoms with Gasteiger partial charge in [-0.1, -0.05) is 20.8 Å². The summed E-state index contributed by atoms with van der Waals surface area (Å²) in [6.45, 7) is 7.41. The van der Waals surface area contributed by atoms with Crippen LogP contribution in [-0.4, -0.2) is 11.6 Å². The number of anilines is 1. The molecule has 0 unspecified atom stereocenters. The summed E-state index contributed by atoms with van der Waals surface area (Å²) in [5.74, 6) is 2.00. The fraction of sp³-hybridized carbons (Fsp3) is 0.421. The molecule has 1 aromatic carbocycles. The first-order valence-electron chi connectivity index (χ1n) is 8.28. The van der Waals surface area contributed by atoms with E-state index in [1.807, 2.05) is 0 Å². The molecule has 0 spiro atoms. The molecule has 0 saturated heterocycles. The maximum Gasteiger partial charge on any atom is 0.138 e. The fourth-order valence-corrected chi connectivity index (χ4v) is 3.13. The molecule has 0 bridgehead atoms. The number of halogens is 1. The van der Waals surface area contributed by atoms with Crippen LogP contribution in [0.2, 0.25) is 0 Å². The highest BCUT2D eigenvalue weighted by molar-refractivity contribution is 5.77. The molecular weight excluding hydrogens is 307 g/mol. The Balaban J connectivity index is 1.84. The molecule has 0 radical (unpaired) electrons. The SMILES string of the molecule is CC(C)C[C@@H](C)COc1cc(F)c2c(c1)OCc1cnc(N)cc1-2. The van der Waals surface area contributed by atoms with Crippen molar-refractivity contribution >= 4 is 5.82 Å². The van der Waals surface area contributed by atoms with Crippen LogP contribution in [0.25, 0.3) is 11.1 Å². The first kappa shape index (κ1) is 16.6. The standard InChI is InChI=1S/C19H23FN2O2/c1-11(2)4-12(3)9-23-14-5-16(20)19-15-7-18(21)22-8-13(15)10-24-17(19)6-14/h5-8,11-12H,4,9-10H2,1-3H3,(H2,21,22)/t12-/m1/s1. The van der Waals surface area contributed by atoms with E-state index < -0.39 is 0 Å². The van der Waals surface area contributed by atoms with Crippen LogP contribution in [0.3, 0.4) is 0 Å². The minimum atomic E-state index is -0.370. The number of nitrogens with two attached hydrogens (primary N) is 1. The number of hydrogen-bond donors (Lipinski definition) is 1. The second-order valence-corrected chi connectivity index (χ2v) is 6.88. The monoisotopic (exact) mass is 330 g/mol. The van der Waals surface area contributed by atoms with E-state index in [4.69, 9.17) is 15.2 Å². The van der Waals surface area contributed by atoms with Crippen LogP contribution >= 0.6 is 0 Å². The van der Waals surface area contributed by atoms with Gasteiger partial charge in [-0.15, -0.1) is 0 Å². The maximum atomic E-state index is 14.7. The van der Waals surface area contributed by atoms with Crippen molar-refractivity contribution in [1.29, 1.82) is 0 Å². The van der Waals surface area contributed by atoms with Crippen LogP contribution in [0.5, 0.6) is 11.5 Å². The van der Waals surface area contributed by atoms with Gasteiger partial charge in [0.15, 0.2) is 0 Å². The molecule has 24 heavy (non-hydrogen) atoms. The summed E-state index contributed by atoms with van der Waals surface area (Å²) >= 11 is 0. The van der Waals surface area contributed by atoms with E-state index in [-0.39, 0.29) is 5.82 Å². The lowest BCUT2D eigenvalue weighted by atomic mass is 9.97. The molecule has 2 aromatic rings. The summed E-state index contributed by atoms with van der Waals surface area (Å²) in [5, 5.41) is 0. The first-order valence-corrected chi connectivity index (χ1v) is 8.28. The Morgan fingerprint density at radius 3 is 2.83 bits per heavy atom. The third-order valence-electron chi connectivity index (χ3n) is 4.10. The van der Waals surface area contributed by atoms with Gasteiger partial charge in [0.2, 0.25) is 0 Å². The van der Waals surface area contributed by atoms with Gasteiger partial charge < -0.3 is 15.2 Å². The van der Waals surface area contributed by atoms with E-state index in [1.54, 1.807) is 18.3 Å². The molecule has 0 saturated carbocycles. The number of benzene rings is 1. The summed E-state index contributed by atoms with van der Waals surface area (Å²) in [6.07, 6.45) is 2.70. The predicted octanol–water partition coefficient (Wildman–Crippen LogP) is 4.42. The normalized spacial score (nSPS) is 13.9. The quantitative estimate of drug-likeness (QED) is 0.881. The highest BCUT2D eigenvalue weighted by atomic mass is 19.1. The third kappa shape index (κ3) is 3.45. The van der Waals surface area contributed by atoms with Crippen molar-refractivity contribution in [2.75, 3.05) is 12.3 Å². The van der Waals surface area contributed by atoms with Gasteiger partial charge in [0, 0.05) is 29.5 Å². The molecule has 3 rings (SSSR count). The number of hydrogen-bond acceptors (Lipinski definition) is 4. The van der Waals surface area contributed by atoms with E-state index in [0.717, 1.165) is 17.5 Å². The highest BCUT2D eigenvalue weighted by Crippen LogP contribution is 2.42. The second kappa shape index (κ2) is 6.67. The lowest BCUT2D eigenvalue weighted by Crippen LogP contribution is -2.12. The number of aromatic nitrogens is 1. The third-order valence-corrected chi connectivity index (χ3v) is 4.10. The molecule has 4 nitrogen and oxygen atoms in total. The average Bonchev–Trinajstić information content (AvgIpc) is 2.51. The van der Waals surface area contributed by atoms with Crippen LogP contribution in [0, 0.1) is 17.7 Å². The summed E-state index contributed by atoms with van der Waals surface area (Å²) in [7, 11) is 0. The molecule has 5 heteroatoms. The molecule has 0 amide bonds. The van der Waals surface area contributed by atoms with Gasteiger partial charge in [-0.2, -0.15) is 0 Å². The van der Waals surface area contributed by atoms with Crippen molar-refractivity contribution < 1.29 is 13.9 Å². The Labute approximate surface area is 141 Å². The minimum absolute atomic E-state index is 0.349. The summed E-state index contributed by atoms with van der Waals surface area (Å²) in [6, 6.07) is 4.85. The minimum Gasteiger partial charge on any atom is -0.493 e. The van der Waals surface area contributed by atoms with Gasteiger partial charge in [0.05, 0.1) is 12.2 Å². The summed E-state index contributed by atoms with van der Waals surface area (Å²) in [4.78, 5) is 4.04. The Morgan fingerprint density at radius 1 is 1.29 bits per heavy atom. The number of ether oxygens (including phenoxy) is 2. The van der Waals surface area contributed by atoms with E-state index in [0.29, 0.717) is 47.9 Å². The Hall–Kier alpha value is -2.30. The van der Waals surface area contributed by atoms with E-state index in [9.17, 15) is 4.39 Å². The maximum absolute atomic E-state index is 14.7. The van der Waals surface area contributed by atoms with Crippen LogP contribution in [0.4, 0.5) is 10.2 Å². The molecule has 1 aliphatic heterocycles. The zero-order chi connectivity index (χ0) is 17.3. The van der Waals surface area contributed by atoms with Crippen molar-refractivity contribution in [2.45, 2.75) is 33.8 Å². The second-order valence-electron chi connectivity index (χ2n) is 6.88. The fourth-order valence-electron chi connectivity index (χ4n) is 3.13. The smallest absolute Gasteiger partial charge is 0.138 e. The van der Waals surface area contributed by atoms with Crippen molar-refractivity contribution in [3.63, 3.8) is 0 Å². The molecule has 0 aliphatic carbocycles. The van der Waals surface area contributed by atoms with Gasteiger partial charge in [-0.05, 0) is 24.3 Å². The molecule has 1 aromatic heterocycles. The van der Waals surface area contributed by atoms with Gasteiger partial charge in [0.25, 0.3) is 0 Å². The van der Waals surface area contributed by atoms with E-state index in [2.05, 4.69) is 25.8 Å². The first-order chi connectivity index (χ1) is 11.4. The highest BCUT2D eigenvalue weighted by Gasteiger charge is 2.23.